The summed E-state index contributed by atoms with van der Waals surface area (Å²) in [4.78, 5) is 16.2. The van der Waals surface area contributed by atoms with Crippen LogP contribution in [0.15, 0.2) is 12.1 Å². The molecule has 0 atom stereocenters. The van der Waals surface area contributed by atoms with Gasteiger partial charge in [0.25, 0.3) is 5.91 Å². The van der Waals surface area contributed by atoms with Crippen LogP contribution in [0.25, 0.3) is 10.2 Å². The van der Waals surface area contributed by atoms with Crippen molar-refractivity contribution < 1.29 is 22.7 Å². The van der Waals surface area contributed by atoms with Crippen LogP contribution in [0.4, 0.5) is 13.2 Å². The molecule has 114 valence electrons. The Labute approximate surface area is 122 Å². The molecule has 0 aromatic carbocycles. The van der Waals surface area contributed by atoms with Gasteiger partial charge < -0.3 is 10.1 Å². The van der Waals surface area contributed by atoms with Crippen molar-refractivity contribution in [2.24, 2.45) is 0 Å². The quantitative estimate of drug-likeness (QED) is 0.882. The fourth-order valence-corrected chi connectivity index (χ4v) is 2.92. The van der Waals surface area contributed by atoms with Crippen molar-refractivity contribution in [2.45, 2.75) is 13.1 Å². The molecule has 0 saturated carbocycles. The summed E-state index contributed by atoms with van der Waals surface area (Å²) in [6.45, 7) is 2.40. The zero-order valence-electron chi connectivity index (χ0n) is 11.4. The minimum Gasteiger partial charge on any atom is -0.383 e. The highest BCUT2D eigenvalue weighted by Crippen LogP contribution is 2.34. The van der Waals surface area contributed by atoms with E-state index in [9.17, 15) is 18.0 Å². The summed E-state index contributed by atoms with van der Waals surface area (Å²) in [6.07, 6.45) is -4.49. The highest BCUT2D eigenvalue weighted by atomic mass is 32.1. The number of ether oxygens (including phenoxy) is 1. The van der Waals surface area contributed by atoms with Crippen LogP contribution in [-0.2, 0) is 10.9 Å². The van der Waals surface area contributed by atoms with E-state index >= 15 is 0 Å². The lowest BCUT2D eigenvalue weighted by Gasteiger charge is -2.04. The Bertz CT molecular complexity index is 667. The Morgan fingerprint density at radius 2 is 2.14 bits per heavy atom. The molecule has 0 aliphatic heterocycles. The number of pyridine rings is 1. The number of hydrogen-bond acceptors (Lipinski definition) is 4. The smallest absolute Gasteiger partial charge is 0.383 e. The first-order valence-corrected chi connectivity index (χ1v) is 6.90. The number of halogens is 3. The van der Waals surface area contributed by atoms with Gasteiger partial charge in [-0.15, -0.1) is 11.3 Å². The molecule has 0 fully saturated rings. The van der Waals surface area contributed by atoms with Gasteiger partial charge in [-0.3, -0.25) is 4.79 Å². The van der Waals surface area contributed by atoms with E-state index in [-0.39, 0.29) is 10.7 Å². The molecular formula is C13H13F3N2O2S. The summed E-state index contributed by atoms with van der Waals surface area (Å²) in [5.74, 6) is -0.332. The fraction of sp³-hybridized carbons (Fsp3) is 0.385. The van der Waals surface area contributed by atoms with E-state index in [1.807, 2.05) is 0 Å². The van der Waals surface area contributed by atoms with E-state index in [4.69, 9.17) is 4.74 Å². The van der Waals surface area contributed by atoms with E-state index < -0.39 is 11.9 Å². The molecule has 1 N–H and O–H groups in total. The normalized spacial score (nSPS) is 11.9. The van der Waals surface area contributed by atoms with Gasteiger partial charge in [0.1, 0.15) is 10.5 Å². The van der Waals surface area contributed by atoms with Crippen LogP contribution < -0.4 is 5.32 Å². The van der Waals surface area contributed by atoms with Gasteiger partial charge in [0.15, 0.2) is 0 Å². The Balaban J connectivity index is 2.34. The maximum atomic E-state index is 12.6. The monoisotopic (exact) mass is 318 g/mol. The molecule has 0 radical (unpaired) electrons. The number of nitrogens with zero attached hydrogens (tertiary/aromatic N) is 1. The second-order valence-corrected chi connectivity index (χ2v) is 5.35. The van der Waals surface area contributed by atoms with Gasteiger partial charge in [-0.2, -0.15) is 13.2 Å². The third kappa shape index (κ3) is 3.33. The average Bonchev–Trinajstić information content (AvgIpc) is 2.75. The molecule has 2 rings (SSSR count). The number of aromatic nitrogens is 1. The van der Waals surface area contributed by atoms with Crippen molar-refractivity contribution in [1.29, 1.82) is 0 Å². The molecule has 0 aliphatic carbocycles. The van der Waals surface area contributed by atoms with Crippen molar-refractivity contribution in [3.05, 3.63) is 28.3 Å². The van der Waals surface area contributed by atoms with E-state index in [1.54, 1.807) is 6.92 Å². The summed E-state index contributed by atoms with van der Waals surface area (Å²) < 4.78 is 42.7. The van der Waals surface area contributed by atoms with Crippen LogP contribution in [-0.4, -0.2) is 31.2 Å². The predicted octanol–water partition coefficient (Wildman–Crippen LogP) is 3.00. The van der Waals surface area contributed by atoms with Crippen molar-refractivity contribution in [2.75, 3.05) is 20.3 Å². The van der Waals surface area contributed by atoms with Crippen LogP contribution in [0.2, 0.25) is 0 Å². The zero-order chi connectivity index (χ0) is 15.6. The van der Waals surface area contributed by atoms with Crippen molar-refractivity contribution in [3.8, 4) is 0 Å². The molecule has 1 amide bonds. The van der Waals surface area contributed by atoms with Crippen molar-refractivity contribution in [1.82, 2.24) is 10.3 Å². The summed E-state index contributed by atoms with van der Waals surface area (Å²) in [6, 6.07) is 2.28. The number of rotatable bonds is 4. The fourth-order valence-electron chi connectivity index (χ4n) is 1.82. The second-order valence-electron chi connectivity index (χ2n) is 4.35. The Kier molecular flexibility index (Phi) is 4.48. The number of carbonyl (C=O) groups is 1. The zero-order valence-corrected chi connectivity index (χ0v) is 12.2. The number of aryl methyl sites for hydroxylation is 1. The SMILES string of the molecule is COCCNC(=O)c1sc2nc(C(F)(F)F)ccc2c1C. The highest BCUT2D eigenvalue weighted by Gasteiger charge is 2.33. The van der Waals surface area contributed by atoms with Crippen molar-refractivity contribution in [3.63, 3.8) is 0 Å². The topological polar surface area (TPSA) is 51.2 Å². The van der Waals surface area contributed by atoms with Gasteiger partial charge in [0.05, 0.1) is 11.5 Å². The standard InChI is InChI=1S/C13H13F3N2O2S/c1-7-8-3-4-9(13(14,15)16)18-12(8)21-10(7)11(19)17-5-6-20-2/h3-4H,5-6H2,1-2H3,(H,17,19). The van der Waals surface area contributed by atoms with Gasteiger partial charge in [-0.1, -0.05) is 0 Å². The van der Waals surface area contributed by atoms with Gasteiger partial charge in [-0.05, 0) is 24.6 Å². The van der Waals surface area contributed by atoms with Crippen LogP contribution in [0.3, 0.4) is 0 Å². The van der Waals surface area contributed by atoms with E-state index in [2.05, 4.69) is 10.3 Å². The molecule has 4 nitrogen and oxygen atoms in total. The van der Waals surface area contributed by atoms with E-state index in [0.29, 0.717) is 29.0 Å². The first-order chi connectivity index (χ1) is 9.84. The number of thiophene rings is 1. The number of amides is 1. The lowest BCUT2D eigenvalue weighted by Crippen LogP contribution is -2.26. The molecule has 0 spiro atoms. The molecule has 0 bridgehead atoms. The van der Waals surface area contributed by atoms with Crippen LogP contribution >= 0.6 is 11.3 Å². The summed E-state index contributed by atoms with van der Waals surface area (Å²) in [5.41, 5.74) is -0.325. The lowest BCUT2D eigenvalue weighted by molar-refractivity contribution is -0.140. The van der Waals surface area contributed by atoms with Crippen LogP contribution in [0, 0.1) is 6.92 Å². The molecule has 2 aromatic rings. The molecule has 2 aromatic heterocycles. The highest BCUT2D eigenvalue weighted by molar-refractivity contribution is 7.20. The summed E-state index contributed by atoms with van der Waals surface area (Å²) in [5, 5.41) is 3.20. The Morgan fingerprint density at radius 1 is 1.43 bits per heavy atom. The summed E-state index contributed by atoms with van der Waals surface area (Å²) >= 11 is 0.956. The number of nitrogens with one attached hydrogen (secondary N) is 1. The number of carbonyl (C=O) groups excluding carboxylic acids is 1. The predicted molar refractivity (Wildman–Crippen MR) is 73.6 cm³/mol. The van der Waals surface area contributed by atoms with E-state index in [1.165, 1.54) is 13.2 Å². The maximum Gasteiger partial charge on any atom is 0.433 e. The van der Waals surface area contributed by atoms with Gasteiger partial charge in [0, 0.05) is 19.0 Å². The maximum absolute atomic E-state index is 12.6. The number of hydrogen-bond donors (Lipinski definition) is 1. The molecule has 0 aliphatic rings. The molecule has 2 heterocycles. The minimum absolute atomic E-state index is 0.208. The Hall–Kier alpha value is -1.67. The Morgan fingerprint density at radius 3 is 2.76 bits per heavy atom. The van der Waals surface area contributed by atoms with Crippen LogP contribution in [0.1, 0.15) is 20.9 Å². The number of alkyl halides is 3. The summed E-state index contributed by atoms with van der Waals surface area (Å²) in [7, 11) is 1.51. The van der Waals surface area contributed by atoms with Crippen LogP contribution in [0.5, 0.6) is 0 Å². The number of methoxy groups -OCH3 is 1. The first kappa shape index (κ1) is 15.7. The molecule has 0 saturated heterocycles. The molecule has 8 heteroatoms. The minimum atomic E-state index is -4.49. The number of fused-ring (bicyclic) bond motifs is 1. The largest absolute Gasteiger partial charge is 0.433 e. The van der Waals surface area contributed by atoms with Crippen molar-refractivity contribution >= 4 is 27.5 Å². The van der Waals surface area contributed by atoms with Gasteiger partial charge in [-0.25, -0.2) is 4.98 Å². The van der Waals surface area contributed by atoms with E-state index in [0.717, 1.165) is 17.4 Å². The lowest BCUT2D eigenvalue weighted by atomic mass is 10.2. The second kappa shape index (κ2) is 5.98. The molecule has 0 unspecified atom stereocenters. The first-order valence-electron chi connectivity index (χ1n) is 6.09. The third-order valence-electron chi connectivity index (χ3n) is 2.89. The molecular weight excluding hydrogens is 305 g/mol. The third-order valence-corrected chi connectivity index (χ3v) is 4.09. The average molecular weight is 318 g/mol. The van der Waals surface area contributed by atoms with Gasteiger partial charge in [0.2, 0.25) is 0 Å². The molecule has 21 heavy (non-hydrogen) atoms. The van der Waals surface area contributed by atoms with Gasteiger partial charge >= 0.3 is 6.18 Å².